The van der Waals surface area contributed by atoms with E-state index in [0.717, 1.165) is 18.7 Å². The summed E-state index contributed by atoms with van der Waals surface area (Å²) in [7, 11) is 0. The van der Waals surface area contributed by atoms with E-state index in [1.54, 1.807) is 0 Å². The van der Waals surface area contributed by atoms with Crippen molar-refractivity contribution in [2.45, 2.75) is 33.0 Å². The lowest BCUT2D eigenvalue weighted by Gasteiger charge is -2.31. The van der Waals surface area contributed by atoms with E-state index in [0.29, 0.717) is 18.1 Å². The van der Waals surface area contributed by atoms with E-state index < -0.39 is 37.6 Å². The van der Waals surface area contributed by atoms with Gasteiger partial charge in [0.15, 0.2) is 0 Å². The van der Waals surface area contributed by atoms with Crippen molar-refractivity contribution in [2.75, 3.05) is 0 Å². The summed E-state index contributed by atoms with van der Waals surface area (Å²) in [5.41, 5.74) is 0.710. The Labute approximate surface area is 248 Å². The lowest BCUT2D eigenvalue weighted by Crippen LogP contribution is -2.37. The second-order valence-corrected chi connectivity index (χ2v) is 9.80. The highest BCUT2D eigenvalue weighted by Gasteiger charge is 2.30. The smallest absolute Gasteiger partial charge is 0.324 e. The Morgan fingerprint density at radius 3 is 1.49 bits per heavy atom. The van der Waals surface area contributed by atoms with E-state index in [1.807, 2.05) is 18.2 Å². The molecule has 0 fully saturated rings. The van der Waals surface area contributed by atoms with Gasteiger partial charge in [0.05, 0.1) is 32.9 Å². The molecule has 11 heteroatoms. The predicted molar refractivity (Wildman–Crippen MR) is 162 cm³/mol. The van der Waals surface area contributed by atoms with Crippen molar-refractivity contribution in [3.8, 4) is 17.6 Å². The molecule has 4 rings (SSSR count). The maximum Gasteiger partial charge on any atom is 0.324 e. The average molecular weight is 583 g/mol. The quantitative estimate of drug-likeness (QED) is 0.127. The zero-order valence-electron chi connectivity index (χ0n) is 23.6. The number of nitro benzene ring substituents is 3. The second kappa shape index (κ2) is 15.4. The normalized spacial score (nSPS) is 11.1. The minimum Gasteiger partial charge on any atom is -0.497 e. The monoisotopic (exact) mass is 582 g/mol. The van der Waals surface area contributed by atoms with Gasteiger partial charge in [-0.1, -0.05) is 105 Å². The zero-order chi connectivity index (χ0) is 31.4. The molecule has 1 unspecified atom stereocenters. The molecule has 0 aliphatic rings. The van der Waals surface area contributed by atoms with E-state index >= 15 is 0 Å². The van der Waals surface area contributed by atoms with E-state index in [9.17, 15) is 30.3 Å². The van der Waals surface area contributed by atoms with Crippen LogP contribution in [0.4, 0.5) is 17.1 Å². The van der Waals surface area contributed by atoms with Gasteiger partial charge in [-0.25, -0.2) is 0 Å². The number of hydrogen-bond donors (Lipinski definition) is 1. The highest BCUT2D eigenvalue weighted by atomic mass is 16.6. The molecule has 43 heavy (non-hydrogen) atoms. The number of aromatic hydroxyl groups is 1. The van der Waals surface area contributed by atoms with Gasteiger partial charge in [0.25, 0.3) is 11.4 Å². The van der Waals surface area contributed by atoms with Gasteiger partial charge < -0.3 is 5.11 Å². The summed E-state index contributed by atoms with van der Waals surface area (Å²) < 4.78 is 0. The van der Waals surface area contributed by atoms with Crippen LogP contribution >= 0.6 is 0 Å². The number of hydrogen-bond acceptors (Lipinski definition) is 8. The van der Waals surface area contributed by atoms with Crippen LogP contribution in [0, 0.1) is 48.1 Å². The summed E-state index contributed by atoms with van der Waals surface area (Å²) in [6, 6.07) is 32.7. The lowest BCUT2D eigenvalue weighted by atomic mass is 10.0. The number of rotatable bonds is 9. The van der Waals surface area contributed by atoms with Crippen molar-refractivity contribution in [1.29, 1.82) is 0 Å². The number of phenolic OH excluding ortho intramolecular Hbond substituents is 1. The Kier molecular flexibility index (Phi) is 11.4. The van der Waals surface area contributed by atoms with Gasteiger partial charge in [-0.05, 0) is 29.2 Å². The molecular formula is C32H30N4O7. The first-order valence-corrected chi connectivity index (χ1v) is 13.3. The van der Waals surface area contributed by atoms with Gasteiger partial charge >= 0.3 is 11.4 Å². The van der Waals surface area contributed by atoms with Crippen LogP contribution in [0.1, 0.15) is 30.5 Å². The fourth-order valence-electron chi connectivity index (χ4n) is 4.22. The molecule has 4 aromatic carbocycles. The fraction of sp³-hybridized carbons (Fsp3) is 0.188. The van der Waals surface area contributed by atoms with Crippen LogP contribution in [-0.2, 0) is 13.1 Å². The first-order valence-electron chi connectivity index (χ1n) is 13.3. The summed E-state index contributed by atoms with van der Waals surface area (Å²) in [5.74, 6) is 6.17. The third kappa shape index (κ3) is 9.48. The highest BCUT2D eigenvalue weighted by molar-refractivity contribution is 5.64. The predicted octanol–water partition coefficient (Wildman–Crippen LogP) is 6.88. The molecule has 0 aliphatic heterocycles. The van der Waals surface area contributed by atoms with Crippen molar-refractivity contribution in [3.63, 3.8) is 0 Å². The average Bonchev–Trinajstić information content (AvgIpc) is 2.98. The van der Waals surface area contributed by atoms with Gasteiger partial charge in [0, 0.05) is 18.7 Å². The molecule has 0 bridgehead atoms. The van der Waals surface area contributed by atoms with Gasteiger partial charge in [-0.15, -0.1) is 0 Å². The van der Waals surface area contributed by atoms with Crippen LogP contribution in [-0.4, -0.2) is 30.8 Å². The van der Waals surface area contributed by atoms with Crippen LogP contribution in [0.25, 0.3) is 0 Å². The number of benzene rings is 4. The molecule has 1 atom stereocenters. The van der Waals surface area contributed by atoms with E-state index in [1.165, 1.54) is 11.1 Å². The Morgan fingerprint density at radius 2 is 1.12 bits per heavy atom. The molecule has 4 aromatic rings. The van der Waals surface area contributed by atoms with Gasteiger partial charge in [-0.3, -0.25) is 35.2 Å². The van der Waals surface area contributed by atoms with Gasteiger partial charge in [0.1, 0.15) is 0 Å². The first kappa shape index (κ1) is 31.9. The summed E-state index contributed by atoms with van der Waals surface area (Å²) in [4.78, 5) is 30.3. The van der Waals surface area contributed by atoms with Crippen LogP contribution in [0.5, 0.6) is 5.75 Å². The third-order valence-electron chi connectivity index (χ3n) is 6.28. The fourth-order valence-corrected chi connectivity index (χ4v) is 4.22. The van der Waals surface area contributed by atoms with E-state index in [-0.39, 0.29) is 6.04 Å². The number of non-ortho nitro benzene ring substituents is 1. The largest absolute Gasteiger partial charge is 0.497 e. The molecule has 11 nitrogen and oxygen atoms in total. The van der Waals surface area contributed by atoms with Crippen LogP contribution < -0.4 is 0 Å². The van der Waals surface area contributed by atoms with Crippen LogP contribution in [0.2, 0.25) is 0 Å². The molecule has 0 aromatic heterocycles. The van der Waals surface area contributed by atoms with E-state index in [2.05, 4.69) is 103 Å². The maximum absolute atomic E-state index is 10.4. The Hall–Kier alpha value is -5.60. The lowest BCUT2D eigenvalue weighted by molar-refractivity contribution is -0.404. The number of nitro groups is 3. The van der Waals surface area contributed by atoms with E-state index in [4.69, 9.17) is 5.11 Å². The number of nitrogens with zero attached hydrogens (tertiary/aromatic N) is 4. The van der Waals surface area contributed by atoms with Crippen molar-refractivity contribution >= 4 is 17.1 Å². The van der Waals surface area contributed by atoms with Crippen molar-refractivity contribution < 1.29 is 19.9 Å². The molecule has 0 radical (unpaired) electrons. The Morgan fingerprint density at radius 1 is 0.698 bits per heavy atom. The highest BCUT2D eigenvalue weighted by Crippen LogP contribution is 2.39. The van der Waals surface area contributed by atoms with Crippen molar-refractivity contribution in [1.82, 2.24) is 4.90 Å². The zero-order valence-corrected chi connectivity index (χ0v) is 23.6. The van der Waals surface area contributed by atoms with Crippen molar-refractivity contribution in [3.05, 3.63) is 150 Å². The minimum atomic E-state index is -1.21. The minimum absolute atomic E-state index is 0.186. The molecule has 0 aliphatic carbocycles. The summed E-state index contributed by atoms with van der Waals surface area (Å²) in [6.45, 7) is 6.30. The molecule has 0 saturated heterocycles. The van der Waals surface area contributed by atoms with Crippen molar-refractivity contribution in [2.24, 2.45) is 5.92 Å². The summed E-state index contributed by atoms with van der Waals surface area (Å²) in [6.07, 6.45) is 0. The molecular weight excluding hydrogens is 552 g/mol. The summed E-state index contributed by atoms with van der Waals surface area (Å²) >= 11 is 0. The molecule has 0 spiro atoms. The molecule has 0 saturated carbocycles. The second-order valence-electron chi connectivity index (χ2n) is 9.80. The number of phenols is 1. The Balaban J connectivity index is 0.000000271. The SMILES string of the molecule is CC(C)C(C#Cc1ccccc1)N(Cc1ccccc1)Cc1ccccc1.O=[N+]([O-])c1cc([N+](=O)[O-])c(O)c([N+](=O)[O-])c1. The topological polar surface area (TPSA) is 153 Å². The third-order valence-corrected chi connectivity index (χ3v) is 6.28. The molecule has 220 valence electrons. The molecule has 0 amide bonds. The molecule has 0 heterocycles. The Bertz CT molecular complexity index is 1530. The van der Waals surface area contributed by atoms with Crippen LogP contribution in [0.15, 0.2) is 103 Å². The first-order chi connectivity index (χ1) is 20.6. The van der Waals surface area contributed by atoms with Crippen LogP contribution in [0.3, 0.4) is 0 Å². The maximum atomic E-state index is 10.4. The van der Waals surface area contributed by atoms with Gasteiger partial charge in [-0.2, -0.15) is 0 Å². The molecule has 1 N–H and O–H groups in total. The summed E-state index contributed by atoms with van der Waals surface area (Å²) in [5, 5.41) is 40.2. The standard InChI is InChI=1S/C26H27N.C6H3N3O7/c1-22(2)26(19-18-23-12-6-3-7-13-23)27(20-24-14-8-4-9-15-24)21-25-16-10-5-11-17-25;10-6-4(8(13)14)1-3(7(11)12)2-5(6)9(15)16/h3-17,22,26H,20-21H2,1-2H3;1-2,10H. The van der Waals surface area contributed by atoms with Gasteiger partial charge in [0.2, 0.25) is 0 Å².